The number of hydrogen-bond acceptors (Lipinski definition) is 3. The average molecular weight is 265 g/mol. The molecule has 2 rings (SSSR count). The van der Waals surface area contributed by atoms with Crippen LogP contribution in [-0.2, 0) is 4.74 Å². The Bertz CT molecular complexity index is 428. The second-order valence-electron chi connectivity index (χ2n) is 5.62. The number of carbonyl (C=O) groups is 1. The molecule has 0 aliphatic carbocycles. The average Bonchev–Trinajstić information content (AvgIpc) is 2.97. The highest BCUT2D eigenvalue weighted by atomic mass is 16.5. The van der Waals surface area contributed by atoms with Crippen LogP contribution in [0.4, 0.5) is 0 Å². The van der Waals surface area contributed by atoms with Gasteiger partial charge >= 0.3 is 0 Å². The fourth-order valence-electron chi connectivity index (χ4n) is 2.26. The molecule has 0 bridgehead atoms. The molecule has 2 heterocycles. The zero-order valence-corrected chi connectivity index (χ0v) is 12.0. The lowest BCUT2D eigenvalue weighted by molar-refractivity contribution is 0.0484. The summed E-state index contributed by atoms with van der Waals surface area (Å²) in [4.78, 5) is 14.1. The Morgan fingerprint density at radius 1 is 1.63 bits per heavy atom. The third-order valence-electron chi connectivity index (χ3n) is 3.54. The van der Waals surface area contributed by atoms with E-state index in [4.69, 9.17) is 4.74 Å². The molecule has 5 heteroatoms. The summed E-state index contributed by atoms with van der Waals surface area (Å²) >= 11 is 0. The molecule has 0 spiro atoms. The van der Waals surface area contributed by atoms with Crippen LogP contribution in [0.1, 0.15) is 42.7 Å². The highest BCUT2D eigenvalue weighted by Gasteiger charge is 2.28. The van der Waals surface area contributed by atoms with Crippen molar-refractivity contribution in [2.75, 3.05) is 19.7 Å². The van der Waals surface area contributed by atoms with E-state index in [-0.39, 0.29) is 12.0 Å². The van der Waals surface area contributed by atoms with E-state index in [2.05, 4.69) is 24.0 Å². The van der Waals surface area contributed by atoms with E-state index in [1.54, 1.807) is 6.20 Å². The molecular formula is C14H23N3O2. The van der Waals surface area contributed by atoms with E-state index in [0.717, 1.165) is 31.7 Å². The summed E-state index contributed by atoms with van der Waals surface area (Å²) in [6.45, 7) is 8.50. The van der Waals surface area contributed by atoms with Crippen molar-refractivity contribution < 1.29 is 9.53 Å². The second-order valence-corrected chi connectivity index (χ2v) is 5.62. The van der Waals surface area contributed by atoms with Crippen molar-refractivity contribution in [3.05, 3.63) is 17.5 Å². The number of aromatic nitrogens is 2. The lowest BCUT2D eigenvalue weighted by atomic mass is 10.1. The summed E-state index contributed by atoms with van der Waals surface area (Å²) in [6.07, 6.45) is 3.80. The number of nitrogens with zero attached hydrogens (tertiary/aromatic N) is 2. The summed E-state index contributed by atoms with van der Waals surface area (Å²) in [5, 5.41) is 6.70. The van der Waals surface area contributed by atoms with Crippen LogP contribution in [0.3, 0.4) is 0 Å². The summed E-state index contributed by atoms with van der Waals surface area (Å²) in [6, 6.07) is 0. The van der Waals surface area contributed by atoms with E-state index in [9.17, 15) is 4.79 Å². The molecule has 5 nitrogen and oxygen atoms in total. The second kappa shape index (κ2) is 6.19. The van der Waals surface area contributed by atoms with Gasteiger partial charge in [0.05, 0.1) is 17.9 Å². The maximum Gasteiger partial charge on any atom is 0.257 e. The number of aromatic amines is 1. The fraction of sp³-hybridized carbons (Fsp3) is 0.714. The maximum absolute atomic E-state index is 12.3. The van der Waals surface area contributed by atoms with Crippen LogP contribution >= 0.6 is 0 Å². The van der Waals surface area contributed by atoms with Gasteiger partial charge in [-0.2, -0.15) is 5.10 Å². The Morgan fingerprint density at radius 3 is 3.05 bits per heavy atom. The highest BCUT2D eigenvalue weighted by molar-refractivity contribution is 5.95. The van der Waals surface area contributed by atoms with E-state index >= 15 is 0 Å². The van der Waals surface area contributed by atoms with Crippen molar-refractivity contribution in [3.8, 4) is 0 Å². The Kier molecular flexibility index (Phi) is 4.58. The standard InChI is InChI=1S/C14H23N3O2/c1-10(2)5-7-19-12-4-6-17(9-12)14(18)13-8-15-16-11(13)3/h8,10,12H,4-7,9H2,1-3H3,(H,15,16). The number of amides is 1. The number of likely N-dealkylation sites (tertiary alicyclic amines) is 1. The fourth-order valence-corrected chi connectivity index (χ4v) is 2.26. The van der Waals surface area contributed by atoms with Crippen molar-refractivity contribution in [2.45, 2.75) is 39.7 Å². The van der Waals surface area contributed by atoms with E-state index in [1.807, 2.05) is 11.8 Å². The van der Waals surface area contributed by atoms with E-state index in [1.165, 1.54) is 0 Å². The molecule has 1 aromatic heterocycles. The third-order valence-corrected chi connectivity index (χ3v) is 3.54. The smallest absolute Gasteiger partial charge is 0.257 e. The van der Waals surface area contributed by atoms with Crippen LogP contribution in [-0.4, -0.2) is 46.8 Å². The molecule has 0 aromatic carbocycles. The first kappa shape index (κ1) is 14.1. The lowest BCUT2D eigenvalue weighted by Crippen LogP contribution is -2.30. The van der Waals surface area contributed by atoms with Gasteiger partial charge in [0.25, 0.3) is 5.91 Å². The van der Waals surface area contributed by atoms with Crippen molar-refractivity contribution in [1.29, 1.82) is 0 Å². The normalized spacial score (nSPS) is 19.4. The Morgan fingerprint density at radius 2 is 2.42 bits per heavy atom. The zero-order chi connectivity index (χ0) is 13.8. The van der Waals surface area contributed by atoms with Crippen LogP contribution in [0.15, 0.2) is 6.20 Å². The topological polar surface area (TPSA) is 58.2 Å². The lowest BCUT2D eigenvalue weighted by Gasteiger charge is -2.16. The quantitative estimate of drug-likeness (QED) is 0.885. The van der Waals surface area contributed by atoms with E-state index < -0.39 is 0 Å². The van der Waals surface area contributed by atoms with Gasteiger partial charge in [-0.15, -0.1) is 0 Å². The van der Waals surface area contributed by atoms with Crippen molar-refractivity contribution >= 4 is 5.91 Å². The number of ether oxygens (including phenoxy) is 1. The number of rotatable bonds is 5. The monoisotopic (exact) mass is 265 g/mol. The van der Waals surface area contributed by atoms with Gasteiger partial charge in [-0.05, 0) is 25.7 Å². The predicted molar refractivity (Wildman–Crippen MR) is 73.0 cm³/mol. The van der Waals surface area contributed by atoms with Crippen molar-refractivity contribution in [2.24, 2.45) is 5.92 Å². The molecule has 1 amide bonds. The molecule has 1 aromatic rings. The number of carbonyl (C=O) groups excluding carboxylic acids is 1. The number of aryl methyl sites for hydroxylation is 1. The third kappa shape index (κ3) is 3.56. The Hall–Kier alpha value is -1.36. The number of hydrogen-bond donors (Lipinski definition) is 1. The summed E-state index contributed by atoms with van der Waals surface area (Å²) in [5.74, 6) is 0.717. The van der Waals surface area contributed by atoms with Crippen LogP contribution < -0.4 is 0 Å². The van der Waals surface area contributed by atoms with Gasteiger partial charge in [-0.25, -0.2) is 0 Å². The Labute approximate surface area is 114 Å². The molecule has 0 radical (unpaired) electrons. The number of H-pyrrole nitrogens is 1. The molecule has 0 saturated carbocycles. The largest absolute Gasteiger partial charge is 0.376 e. The molecule has 1 unspecified atom stereocenters. The molecule has 1 N–H and O–H groups in total. The van der Waals surface area contributed by atoms with Gasteiger partial charge in [0.15, 0.2) is 0 Å². The molecule has 1 saturated heterocycles. The molecule has 106 valence electrons. The maximum atomic E-state index is 12.3. The zero-order valence-electron chi connectivity index (χ0n) is 12.0. The molecule has 1 aliphatic rings. The van der Waals surface area contributed by atoms with Gasteiger partial charge in [-0.1, -0.05) is 13.8 Å². The van der Waals surface area contributed by atoms with Gasteiger partial charge in [0.1, 0.15) is 0 Å². The summed E-state index contributed by atoms with van der Waals surface area (Å²) in [5.41, 5.74) is 1.50. The molecule has 19 heavy (non-hydrogen) atoms. The SMILES string of the molecule is Cc1[nH]ncc1C(=O)N1CCC(OCCC(C)C)C1. The minimum Gasteiger partial charge on any atom is -0.376 e. The van der Waals surface area contributed by atoms with Gasteiger partial charge in [0, 0.05) is 25.4 Å². The van der Waals surface area contributed by atoms with Crippen LogP contribution in [0.2, 0.25) is 0 Å². The van der Waals surface area contributed by atoms with Crippen molar-refractivity contribution in [3.63, 3.8) is 0 Å². The Balaban J connectivity index is 1.82. The molecule has 1 fully saturated rings. The first-order chi connectivity index (χ1) is 9.08. The number of nitrogens with one attached hydrogen (secondary N) is 1. The summed E-state index contributed by atoms with van der Waals surface area (Å²) in [7, 11) is 0. The molecule has 1 aliphatic heterocycles. The highest BCUT2D eigenvalue weighted by Crippen LogP contribution is 2.17. The summed E-state index contributed by atoms with van der Waals surface area (Å²) < 4.78 is 5.82. The molecular weight excluding hydrogens is 242 g/mol. The minimum atomic E-state index is 0.0567. The van der Waals surface area contributed by atoms with Gasteiger partial charge in [-0.3, -0.25) is 9.89 Å². The van der Waals surface area contributed by atoms with Crippen molar-refractivity contribution in [1.82, 2.24) is 15.1 Å². The van der Waals surface area contributed by atoms with Crippen LogP contribution in [0.5, 0.6) is 0 Å². The predicted octanol–water partition coefficient (Wildman–Crippen LogP) is 2.00. The van der Waals surface area contributed by atoms with Gasteiger partial charge < -0.3 is 9.64 Å². The molecule has 1 atom stereocenters. The van der Waals surface area contributed by atoms with Crippen LogP contribution in [0.25, 0.3) is 0 Å². The van der Waals surface area contributed by atoms with Crippen LogP contribution in [0, 0.1) is 12.8 Å². The first-order valence-electron chi connectivity index (χ1n) is 6.98. The van der Waals surface area contributed by atoms with E-state index in [0.29, 0.717) is 18.0 Å². The first-order valence-corrected chi connectivity index (χ1v) is 6.98. The van der Waals surface area contributed by atoms with Gasteiger partial charge in [0.2, 0.25) is 0 Å². The minimum absolute atomic E-state index is 0.0567.